The van der Waals surface area contributed by atoms with Crippen LogP contribution in [0, 0.1) is 0 Å². The Labute approximate surface area is 408 Å². The SMILES string of the molecule is CC(=O)N[C@H]1[C@H](O[C@H]2[C@@H](O)[C@@H](CO)O[C@@H](O[C@H]3[C@H](O)[C@@H](O)[C@H](O)O[C@@H]3CO)[C@@H]2O)O[C@H](CO)[C@@H](O[C@@H]2O[C@H](CO)[C@H](O)[C@H](O[C@@H]3O[C@H](CO)[C@H](O)[C@H](O)[C@H]3NC(C)=O)[C@H]2O[C@@H]2O[C@@H](C)[C@@H](O)[C@@H](O)[C@@H]2O)[C@@H]1O. The van der Waals surface area contributed by atoms with Gasteiger partial charge in [-0.3, -0.25) is 9.59 Å². The lowest BCUT2D eigenvalue weighted by Gasteiger charge is -2.51. The van der Waals surface area contributed by atoms with E-state index in [0.717, 1.165) is 13.8 Å². The predicted molar refractivity (Wildman–Crippen MR) is 221 cm³/mol. The molecule has 0 aromatic carbocycles. The zero-order chi connectivity index (χ0) is 53.2. The molecule has 0 aromatic heterocycles. The van der Waals surface area contributed by atoms with E-state index in [0.29, 0.717) is 0 Å². The minimum atomic E-state index is -2.15. The fourth-order valence-electron chi connectivity index (χ4n) is 9.24. The lowest BCUT2D eigenvalue weighted by molar-refractivity contribution is -0.402. The van der Waals surface area contributed by atoms with E-state index in [2.05, 4.69) is 10.6 Å². The second-order valence-electron chi connectivity index (χ2n) is 18.2. The Morgan fingerprint density at radius 1 is 0.361 bits per heavy atom. The Balaban J connectivity index is 1.32. The Hall–Kier alpha value is -2.18. The van der Waals surface area contributed by atoms with Gasteiger partial charge in [0.1, 0.15) is 140 Å². The minimum Gasteiger partial charge on any atom is -0.394 e. The maximum Gasteiger partial charge on any atom is 0.217 e. The summed E-state index contributed by atoms with van der Waals surface area (Å²) in [5, 5.41) is 187. The minimum absolute atomic E-state index is 0.784. The summed E-state index contributed by atoms with van der Waals surface area (Å²) >= 11 is 0. The van der Waals surface area contributed by atoms with Crippen LogP contribution in [0.1, 0.15) is 20.8 Å². The van der Waals surface area contributed by atoms with Crippen LogP contribution in [0.2, 0.25) is 0 Å². The largest absolute Gasteiger partial charge is 0.394 e. The summed E-state index contributed by atoms with van der Waals surface area (Å²) < 4.78 is 63.8. The van der Waals surface area contributed by atoms with Gasteiger partial charge >= 0.3 is 0 Å². The first kappa shape index (κ1) is 59.1. The molecular weight excluding hydrogens is 988 g/mol. The van der Waals surface area contributed by atoms with E-state index in [4.69, 9.17) is 52.1 Å². The zero-order valence-corrected chi connectivity index (χ0v) is 38.8. The summed E-state index contributed by atoms with van der Waals surface area (Å²) in [5.74, 6) is -1.66. The highest BCUT2D eigenvalue weighted by Gasteiger charge is 2.59. The van der Waals surface area contributed by atoms with E-state index < -0.39 is 229 Å². The van der Waals surface area contributed by atoms with Crippen molar-refractivity contribution in [2.45, 2.75) is 205 Å². The first-order valence-electron chi connectivity index (χ1n) is 23.0. The normalized spacial score (nSPS) is 50.3. The van der Waals surface area contributed by atoms with Crippen molar-refractivity contribution in [1.29, 1.82) is 0 Å². The van der Waals surface area contributed by atoms with Gasteiger partial charge in [-0.25, -0.2) is 0 Å². The van der Waals surface area contributed by atoms with Gasteiger partial charge in [0.05, 0.1) is 39.1 Å². The molecule has 2 amide bonds. The Morgan fingerprint density at radius 2 is 0.764 bits per heavy atom. The number of nitrogens with one attached hydrogen (secondary N) is 2. The molecule has 19 N–H and O–H groups in total. The first-order valence-corrected chi connectivity index (χ1v) is 23.0. The van der Waals surface area contributed by atoms with E-state index in [1.807, 2.05) is 0 Å². The van der Waals surface area contributed by atoms with Crippen LogP contribution in [-0.2, 0) is 61.7 Å². The van der Waals surface area contributed by atoms with Gasteiger partial charge in [-0.1, -0.05) is 0 Å². The standard InChI is InChI=1S/C40H68N2O30/c1-9-19(50)25(56)28(59)38(62-9)72-34-33(71-36-17(41-10(2)48)23(54)20(51)12(4-43)64-36)22(53)14(6-45)66-40(34)69-30-16(8-47)67-37(18(24(30)55)42-11(3)49)70-32-21(52)13(5-44)65-39(29(32)60)68-31-15(7-46)63-35(61)27(58)26(31)57/h9,12-40,43-47,50-61H,4-8H2,1-3H3,(H,41,48)(H,42,49)/t9-,12+,13+,14+,15+,16+,17+,18+,19+,20-,21-,22-,23+,24+,25+,26+,27+,28-,29+,30+,31+,32-,33-,34+,35+,36-,37-,38-,39-,40-/m0/s1. The molecule has 32 nitrogen and oxygen atoms in total. The van der Waals surface area contributed by atoms with Gasteiger partial charge < -0.3 is 150 Å². The van der Waals surface area contributed by atoms with Crippen LogP contribution in [-0.4, -0.2) is 316 Å². The number of hydrogen-bond donors (Lipinski definition) is 19. The quantitative estimate of drug-likeness (QED) is 0.0643. The number of carbonyl (C=O) groups excluding carboxylic acids is 2. The fourth-order valence-corrected chi connectivity index (χ4v) is 9.24. The second kappa shape index (κ2) is 25.3. The lowest BCUT2D eigenvalue weighted by Crippen LogP contribution is -2.71. The van der Waals surface area contributed by atoms with Crippen LogP contribution in [0.25, 0.3) is 0 Å². The van der Waals surface area contributed by atoms with Crippen LogP contribution < -0.4 is 10.6 Å². The topological polar surface area (TPSA) is 504 Å². The number of aliphatic hydroxyl groups excluding tert-OH is 17. The number of ether oxygens (including phenoxy) is 11. The van der Waals surface area contributed by atoms with Gasteiger partial charge in [0, 0.05) is 13.8 Å². The number of rotatable bonds is 17. The maximum atomic E-state index is 12.7. The average molecular weight is 1060 g/mol. The molecular formula is C40H68N2O30. The summed E-state index contributed by atoms with van der Waals surface area (Å²) in [6, 6.07) is -3.49. The monoisotopic (exact) mass is 1060 g/mol. The van der Waals surface area contributed by atoms with E-state index in [1.165, 1.54) is 6.92 Å². The molecule has 6 fully saturated rings. The zero-order valence-electron chi connectivity index (χ0n) is 38.8. The summed E-state index contributed by atoms with van der Waals surface area (Å²) in [5.41, 5.74) is 0. The lowest BCUT2D eigenvalue weighted by atomic mass is 9.93. The molecule has 0 radical (unpaired) electrons. The second-order valence-corrected chi connectivity index (χ2v) is 18.2. The molecule has 6 heterocycles. The van der Waals surface area contributed by atoms with E-state index in [-0.39, 0.29) is 0 Å². The summed E-state index contributed by atoms with van der Waals surface area (Å²) in [6.07, 6.45) is -52.8. The molecule has 0 aliphatic carbocycles. The predicted octanol–water partition coefficient (Wildman–Crippen LogP) is -12.8. The van der Waals surface area contributed by atoms with E-state index in [1.54, 1.807) is 0 Å². The molecule has 418 valence electrons. The van der Waals surface area contributed by atoms with Gasteiger partial charge in [0.15, 0.2) is 37.7 Å². The van der Waals surface area contributed by atoms with Crippen molar-refractivity contribution >= 4 is 11.8 Å². The van der Waals surface area contributed by atoms with E-state index >= 15 is 0 Å². The van der Waals surface area contributed by atoms with Crippen LogP contribution >= 0.6 is 0 Å². The molecule has 0 spiro atoms. The van der Waals surface area contributed by atoms with Crippen molar-refractivity contribution in [2.75, 3.05) is 33.0 Å². The molecule has 0 saturated carbocycles. The van der Waals surface area contributed by atoms with Crippen LogP contribution in [0.15, 0.2) is 0 Å². The van der Waals surface area contributed by atoms with Gasteiger partial charge in [0.2, 0.25) is 11.8 Å². The number of hydrogen-bond acceptors (Lipinski definition) is 30. The maximum absolute atomic E-state index is 12.7. The number of aliphatic hydroxyl groups is 17. The van der Waals surface area contributed by atoms with Crippen molar-refractivity contribution in [1.82, 2.24) is 10.6 Å². The molecule has 0 bridgehead atoms. The van der Waals surface area contributed by atoms with Crippen molar-refractivity contribution in [2.24, 2.45) is 0 Å². The highest BCUT2D eigenvalue weighted by atomic mass is 16.8. The van der Waals surface area contributed by atoms with Crippen LogP contribution in [0.3, 0.4) is 0 Å². The number of carbonyl (C=O) groups is 2. The van der Waals surface area contributed by atoms with Gasteiger partial charge in [-0.05, 0) is 6.92 Å². The molecule has 6 aliphatic heterocycles. The molecule has 6 saturated heterocycles. The number of amides is 2. The molecule has 0 unspecified atom stereocenters. The fraction of sp³-hybridized carbons (Fsp3) is 0.950. The third-order valence-electron chi connectivity index (χ3n) is 13.2. The Morgan fingerprint density at radius 3 is 1.32 bits per heavy atom. The summed E-state index contributed by atoms with van der Waals surface area (Å²) in [7, 11) is 0. The van der Waals surface area contributed by atoms with Crippen LogP contribution in [0.5, 0.6) is 0 Å². The molecule has 0 aromatic rings. The van der Waals surface area contributed by atoms with Crippen LogP contribution in [0.4, 0.5) is 0 Å². The molecule has 32 heteroatoms. The third-order valence-corrected chi connectivity index (χ3v) is 13.2. The van der Waals surface area contributed by atoms with Crippen molar-refractivity contribution in [3.05, 3.63) is 0 Å². The molecule has 6 aliphatic rings. The van der Waals surface area contributed by atoms with Gasteiger partial charge in [-0.2, -0.15) is 0 Å². The Kier molecular flexibility index (Phi) is 20.8. The Bertz CT molecular complexity index is 1730. The summed E-state index contributed by atoms with van der Waals surface area (Å²) in [4.78, 5) is 25.0. The summed E-state index contributed by atoms with van der Waals surface area (Å²) in [6.45, 7) is -1.61. The van der Waals surface area contributed by atoms with Gasteiger partial charge in [-0.15, -0.1) is 0 Å². The highest BCUT2D eigenvalue weighted by molar-refractivity contribution is 5.73. The van der Waals surface area contributed by atoms with E-state index in [9.17, 15) is 96.4 Å². The molecule has 30 atom stereocenters. The van der Waals surface area contributed by atoms with Crippen molar-refractivity contribution in [3.8, 4) is 0 Å². The highest BCUT2D eigenvalue weighted by Crippen LogP contribution is 2.38. The van der Waals surface area contributed by atoms with Gasteiger partial charge in [0.25, 0.3) is 0 Å². The smallest absolute Gasteiger partial charge is 0.217 e. The van der Waals surface area contributed by atoms with Crippen molar-refractivity contribution in [3.63, 3.8) is 0 Å². The van der Waals surface area contributed by atoms with Crippen molar-refractivity contribution < 1.29 is 149 Å². The first-order chi connectivity index (χ1) is 34.0. The average Bonchev–Trinajstić information content (AvgIpc) is 3.34. The molecule has 6 rings (SSSR count). The third kappa shape index (κ3) is 12.5. The molecule has 72 heavy (non-hydrogen) atoms.